The second kappa shape index (κ2) is 5.13. The summed E-state index contributed by atoms with van der Waals surface area (Å²) in [5.74, 6) is 0.253. The van der Waals surface area contributed by atoms with Crippen molar-refractivity contribution in [1.82, 2.24) is 0 Å². The Labute approximate surface area is 115 Å². The second-order valence-corrected chi connectivity index (χ2v) is 7.74. The van der Waals surface area contributed by atoms with Crippen molar-refractivity contribution in [2.45, 2.75) is 32.1 Å². The molecule has 0 unspecified atom stereocenters. The molecule has 0 spiro atoms. The van der Waals surface area contributed by atoms with E-state index in [9.17, 15) is 8.42 Å². The Morgan fingerprint density at radius 2 is 1.84 bits per heavy atom. The molecule has 0 atom stereocenters. The Balaban J connectivity index is 2.28. The molecular formula is C14H22N2O2S. The van der Waals surface area contributed by atoms with E-state index >= 15 is 0 Å². The number of nitrogens with zero attached hydrogens (tertiary/aromatic N) is 1. The average molecular weight is 282 g/mol. The first-order valence-electron chi connectivity index (χ1n) is 6.68. The molecule has 19 heavy (non-hydrogen) atoms. The second-order valence-electron chi connectivity index (χ2n) is 5.73. The Kier molecular flexibility index (Phi) is 3.87. The monoisotopic (exact) mass is 282 g/mol. The summed E-state index contributed by atoms with van der Waals surface area (Å²) in [6, 6.07) is 7.73. The maximum Gasteiger partial charge on any atom is 0.235 e. The first-order valence-corrected chi connectivity index (χ1v) is 8.29. The topological polar surface area (TPSA) is 63.4 Å². The van der Waals surface area contributed by atoms with E-state index in [0.717, 1.165) is 24.1 Å². The standard InChI is InChI=1S/C14H22N2O2S/c1-14(2,11-15)12-5-7-13(8-6-12)16-9-3-4-10-19(16,17)18/h5-8H,3-4,9-11,15H2,1-2H3. The van der Waals surface area contributed by atoms with Gasteiger partial charge in [-0.1, -0.05) is 26.0 Å². The number of anilines is 1. The van der Waals surface area contributed by atoms with Gasteiger partial charge in [0.2, 0.25) is 10.0 Å². The molecule has 1 heterocycles. The number of hydrogen-bond acceptors (Lipinski definition) is 3. The zero-order valence-electron chi connectivity index (χ0n) is 11.6. The third-order valence-corrected chi connectivity index (χ3v) is 5.67. The lowest BCUT2D eigenvalue weighted by Crippen LogP contribution is -2.37. The lowest BCUT2D eigenvalue weighted by Gasteiger charge is -2.29. The molecule has 0 aromatic heterocycles. The van der Waals surface area contributed by atoms with E-state index in [0.29, 0.717) is 13.1 Å². The molecule has 0 amide bonds. The van der Waals surface area contributed by atoms with Gasteiger partial charge in [0.1, 0.15) is 0 Å². The minimum atomic E-state index is -3.12. The fourth-order valence-corrected chi connectivity index (χ4v) is 3.92. The highest BCUT2D eigenvalue weighted by molar-refractivity contribution is 7.92. The summed E-state index contributed by atoms with van der Waals surface area (Å²) < 4.78 is 25.6. The molecule has 2 N–H and O–H groups in total. The maximum absolute atomic E-state index is 12.0. The average Bonchev–Trinajstić information content (AvgIpc) is 2.38. The van der Waals surface area contributed by atoms with Crippen LogP contribution in [0.4, 0.5) is 5.69 Å². The summed E-state index contributed by atoms with van der Waals surface area (Å²) in [4.78, 5) is 0. The smallest absolute Gasteiger partial charge is 0.235 e. The molecule has 5 heteroatoms. The van der Waals surface area contributed by atoms with E-state index in [2.05, 4.69) is 13.8 Å². The first-order chi connectivity index (χ1) is 8.87. The van der Waals surface area contributed by atoms with Gasteiger partial charge < -0.3 is 5.73 Å². The molecule has 0 bridgehead atoms. The van der Waals surface area contributed by atoms with Crippen molar-refractivity contribution < 1.29 is 8.42 Å². The van der Waals surface area contributed by atoms with Crippen LogP contribution in [0.1, 0.15) is 32.3 Å². The van der Waals surface area contributed by atoms with Crippen LogP contribution in [0.3, 0.4) is 0 Å². The van der Waals surface area contributed by atoms with Gasteiger partial charge in [-0.15, -0.1) is 0 Å². The Hall–Kier alpha value is -1.07. The van der Waals surface area contributed by atoms with E-state index in [1.165, 1.54) is 4.31 Å². The van der Waals surface area contributed by atoms with Crippen LogP contribution >= 0.6 is 0 Å². The number of rotatable bonds is 3. The molecule has 1 aliphatic rings. The van der Waals surface area contributed by atoms with E-state index in [4.69, 9.17) is 5.73 Å². The molecule has 1 aromatic carbocycles. The molecule has 1 aromatic rings. The molecule has 1 fully saturated rings. The molecule has 1 aliphatic heterocycles. The van der Waals surface area contributed by atoms with Gasteiger partial charge in [-0.2, -0.15) is 0 Å². The minimum Gasteiger partial charge on any atom is -0.330 e. The number of hydrogen-bond donors (Lipinski definition) is 1. The predicted octanol–water partition coefficient (Wildman–Crippen LogP) is 1.85. The fourth-order valence-electron chi connectivity index (χ4n) is 2.28. The van der Waals surface area contributed by atoms with Gasteiger partial charge in [0, 0.05) is 18.5 Å². The van der Waals surface area contributed by atoms with Crippen molar-refractivity contribution in [3.8, 4) is 0 Å². The van der Waals surface area contributed by atoms with Crippen LogP contribution in [0.5, 0.6) is 0 Å². The minimum absolute atomic E-state index is 0.0840. The van der Waals surface area contributed by atoms with Crippen LogP contribution in [0, 0.1) is 0 Å². The van der Waals surface area contributed by atoms with Gasteiger partial charge in [0.25, 0.3) is 0 Å². The van der Waals surface area contributed by atoms with E-state index in [-0.39, 0.29) is 11.2 Å². The van der Waals surface area contributed by atoms with Gasteiger partial charge in [0.15, 0.2) is 0 Å². The number of nitrogens with two attached hydrogens (primary N) is 1. The SMILES string of the molecule is CC(C)(CN)c1ccc(N2CCCCS2(=O)=O)cc1. The van der Waals surface area contributed by atoms with Gasteiger partial charge in [-0.3, -0.25) is 4.31 Å². The molecule has 1 saturated heterocycles. The maximum atomic E-state index is 12.0. The van der Waals surface area contributed by atoms with Crippen molar-refractivity contribution in [3.05, 3.63) is 29.8 Å². The molecule has 106 valence electrons. The van der Waals surface area contributed by atoms with E-state index in [1.54, 1.807) is 0 Å². The normalized spacial score (nSPS) is 19.4. The Morgan fingerprint density at radius 3 is 2.37 bits per heavy atom. The lowest BCUT2D eigenvalue weighted by atomic mass is 9.85. The van der Waals surface area contributed by atoms with Crippen LogP contribution in [0.2, 0.25) is 0 Å². The summed E-state index contributed by atoms with van der Waals surface area (Å²) >= 11 is 0. The highest BCUT2D eigenvalue weighted by atomic mass is 32.2. The van der Waals surface area contributed by atoms with Crippen molar-refractivity contribution in [2.75, 3.05) is 23.1 Å². The van der Waals surface area contributed by atoms with Gasteiger partial charge in [0.05, 0.1) is 11.4 Å². The van der Waals surface area contributed by atoms with Crippen LogP contribution in [-0.2, 0) is 15.4 Å². The van der Waals surface area contributed by atoms with Crippen LogP contribution in [0.25, 0.3) is 0 Å². The predicted molar refractivity (Wildman–Crippen MR) is 78.9 cm³/mol. The highest BCUT2D eigenvalue weighted by Gasteiger charge is 2.26. The summed E-state index contributed by atoms with van der Waals surface area (Å²) in [5.41, 5.74) is 7.56. The van der Waals surface area contributed by atoms with Crippen molar-refractivity contribution in [2.24, 2.45) is 5.73 Å². The van der Waals surface area contributed by atoms with E-state index < -0.39 is 10.0 Å². The quantitative estimate of drug-likeness (QED) is 0.920. The Morgan fingerprint density at radius 1 is 1.21 bits per heavy atom. The van der Waals surface area contributed by atoms with Crippen molar-refractivity contribution in [1.29, 1.82) is 0 Å². The first kappa shape index (κ1) is 14.3. The molecule has 0 radical (unpaired) electrons. The highest BCUT2D eigenvalue weighted by Crippen LogP contribution is 2.27. The van der Waals surface area contributed by atoms with Crippen LogP contribution in [-0.4, -0.2) is 27.3 Å². The number of sulfonamides is 1. The van der Waals surface area contributed by atoms with Gasteiger partial charge in [-0.05, 0) is 30.5 Å². The van der Waals surface area contributed by atoms with Crippen molar-refractivity contribution in [3.63, 3.8) is 0 Å². The zero-order chi connectivity index (χ0) is 14.1. The zero-order valence-corrected chi connectivity index (χ0v) is 12.4. The lowest BCUT2D eigenvalue weighted by molar-refractivity contribution is 0.539. The molecule has 0 saturated carbocycles. The summed E-state index contributed by atoms with van der Waals surface area (Å²) in [7, 11) is -3.12. The summed E-state index contributed by atoms with van der Waals surface area (Å²) in [5, 5.41) is 0. The fraction of sp³-hybridized carbons (Fsp3) is 0.571. The third-order valence-electron chi connectivity index (χ3n) is 3.80. The van der Waals surface area contributed by atoms with E-state index in [1.807, 2.05) is 24.3 Å². The Bertz CT molecular complexity index is 535. The number of benzene rings is 1. The van der Waals surface area contributed by atoms with Gasteiger partial charge >= 0.3 is 0 Å². The van der Waals surface area contributed by atoms with Gasteiger partial charge in [-0.25, -0.2) is 8.42 Å². The molecule has 2 rings (SSSR count). The molecule has 0 aliphatic carbocycles. The summed E-state index contributed by atoms with van der Waals surface area (Å²) in [6.07, 6.45) is 1.69. The van der Waals surface area contributed by atoms with Crippen molar-refractivity contribution >= 4 is 15.7 Å². The molecular weight excluding hydrogens is 260 g/mol. The largest absolute Gasteiger partial charge is 0.330 e. The molecule has 4 nitrogen and oxygen atoms in total. The van der Waals surface area contributed by atoms with Crippen LogP contribution < -0.4 is 10.0 Å². The third kappa shape index (κ3) is 2.92. The van der Waals surface area contributed by atoms with Crippen LogP contribution in [0.15, 0.2) is 24.3 Å². The summed E-state index contributed by atoms with van der Waals surface area (Å²) in [6.45, 7) is 5.32.